The second-order valence-electron chi connectivity index (χ2n) is 4.66. The van der Waals surface area contributed by atoms with E-state index in [0.717, 1.165) is 6.26 Å². The predicted molar refractivity (Wildman–Crippen MR) is 73.1 cm³/mol. The fourth-order valence-corrected chi connectivity index (χ4v) is 2.94. The molecule has 1 aromatic carbocycles. The number of nitrogens with two attached hydrogens (primary N) is 1. The predicted octanol–water partition coefficient (Wildman–Crippen LogP) is 0.125. The summed E-state index contributed by atoms with van der Waals surface area (Å²) >= 11 is 0. The molecule has 0 aromatic heterocycles. The van der Waals surface area contributed by atoms with Crippen LogP contribution in [-0.4, -0.2) is 56.0 Å². The maximum atomic E-state index is 13.3. The van der Waals surface area contributed by atoms with E-state index in [0.29, 0.717) is 0 Å². The highest BCUT2D eigenvalue weighted by Gasteiger charge is 2.27. The first kappa shape index (κ1) is 14.7. The van der Waals surface area contributed by atoms with Crippen LogP contribution < -0.4 is 5.73 Å². The van der Waals surface area contributed by atoms with Crippen LogP contribution >= 0.6 is 0 Å². The van der Waals surface area contributed by atoms with Gasteiger partial charge in [0.2, 0.25) is 10.0 Å². The topological polar surface area (TPSA) is 83.7 Å². The maximum absolute atomic E-state index is 13.3. The van der Waals surface area contributed by atoms with Gasteiger partial charge in [0.05, 0.1) is 17.5 Å². The molecule has 1 amide bonds. The summed E-state index contributed by atoms with van der Waals surface area (Å²) in [5, 5.41) is 0. The van der Waals surface area contributed by atoms with E-state index in [9.17, 15) is 17.6 Å². The number of nitrogen functional groups attached to an aromatic ring is 1. The molecule has 0 unspecified atom stereocenters. The van der Waals surface area contributed by atoms with Crippen molar-refractivity contribution < 1.29 is 17.6 Å². The highest BCUT2D eigenvalue weighted by molar-refractivity contribution is 7.88. The molecule has 1 saturated heterocycles. The zero-order chi connectivity index (χ0) is 14.9. The summed E-state index contributed by atoms with van der Waals surface area (Å²) in [5.74, 6) is -1.01. The van der Waals surface area contributed by atoms with Gasteiger partial charge in [0.25, 0.3) is 5.91 Å². The van der Waals surface area contributed by atoms with Gasteiger partial charge in [-0.2, -0.15) is 4.31 Å². The van der Waals surface area contributed by atoms with E-state index in [1.54, 1.807) is 0 Å². The Morgan fingerprint density at radius 3 is 2.40 bits per heavy atom. The average Bonchev–Trinajstić information content (AvgIpc) is 2.40. The third kappa shape index (κ3) is 2.91. The van der Waals surface area contributed by atoms with Crippen molar-refractivity contribution in [1.82, 2.24) is 9.21 Å². The van der Waals surface area contributed by atoms with E-state index < -0.39 is 15.8 Å². The van der Waals surface area contributed by atoms with E-state index in [4.69, 9.17) is 5.73 Å². The van der Waals surface area contributed by atoms with Crippen LogP contribution in [0.4, 0.5) is 10.1 Å². The normalized spacial score (nSPS) is 17.2. The summed E-state index contributed by atoms with van der Waals surface area (Å²) < 4.78 is 37.4. The third-order valence-corrected chi connectivity index (χ3v) is 4.58. The van der Waals surface area contributed by atoms with Crippen LogP contribution in [-0.2, 0) is 10.0 Å². The molecule has 1 fully saturated rings. The number of halogens is 1. The number of para-hydroxylation sites is 1. The Morgan fingerprint density at radius 2 is 1.85 bits per heavy atom. The molecule has 2 rings (SSSR count). The molecule has 1 heterocycles. The molecule has 0 atom stereocenters. The molecule has 0 spiro atoms. The Kier molecular flexibility index (Phi) is 3.96. The number of nitrogens with zero attached hydrogens (tertiary/aromatic N) is 2. The highest BCUT2D eigenvalue weighted by Crippen LogP contribution is 2.19. The minimum absolute atomic E-state index is 0.109. The first-order valence-corrected chi connectivity index (χ1v) is 7.94. The van der Waals surface area contributed by atoms with Gasteiger partial charge in [-0.3, -0.25) is 4.79 Å². The molecule has 1 aliphatic heterocycles. The van der Waals surface area contributed by atoms with Gasteiger partial charge in [0, 0.05) is 26.2 Å². The lowest BCUT2D eigenvalue weighted by molar-refractivity contribution is 0.0699. The van der Waals surface area contributed by atoms with Gasteiger partial charge >= 0.3 is 0 Å². The monoisotopic (exact) mass is 301 g/mol. The molecule has 2 N–H and O–H groups in total. The summed E-state index contributed by atoms with van der Waals surface area (Å²) in [5.41, 5.74) is 5.49. The van der Waals surface area contributed by atoms with Crippen molar-refractivity contribution in [1.29, 1.82) is 0 Å². The molecular weight excluding hydrogens is 285 g/mol. The molecule has 110 valence electrons. The maximum Gasteiger partial charge on any atom is 0.256 e. The Bertz CT molecular complexity index is 625. The molecule has 1 aromatic rings. The van der Waals surface area contributed by atoms with E-state index in [1.807, 2.05) is 0 Å². The molecule has 0 bridgehead atoms. The van der Waals surface area contributed by atoms with Crippen LogP contribution in [0.15, 0.2) is 18.2 Å². The van der Waals surface area contributed by atoms with Crippen molar-refractivity contribution in [2.75, 3.05) is 38.2 Å². The van der Waals surface area contributed by atoms with Gasteiger partial charge in [-0.1, -0.05) is 6.07 Å². The van der Waals surface area contributed by atoms with Crippen LogP contribution in [0.25, 0.3) is 0 Å². The smallest absolute Gasteiger partial charge is 0.256 e. The molecule has 0 aliphatic carbocycles. The number of carbonyl (C=O) groups excluding carboxylic acids is 1. The van der Waals surface area contributed by atoms with E-state index in [2.05, 4.69) is 0 Å². The van der Waals surface area contributed by atoms with E-state index in [-0.39, 0.29) is 43.3 Å². The summed E-state index contributed by atoms with van der Waals surface area (Å²) in [6, 6.07) is 4.07. The van der Waals surface area contributed by atoms with Crippen LogP contribution in [0.2, 0.25) is 0 Å². The summed E-state index contributed by atoms with van der Waals surface area (Å²) in [7, 11) is -3.24. The van der Waals surface area contributed by atoms with Crippen LogP contribution in [0.3, 0.4) is 0 Å². The van der Waals surface area contributed by atoms with Crippen LogP contribution in [0.5, 0.6) is 0 Å². The minimum atomic E-state index is -3.24. The lowest BCUT2D eigenvalue weighted by atomic mass is 10.1. The Labute approximate surface area is 117 Å². The lowest BCUT2D eigenvalue weighted by Gasteiger charge is -2.33. The second-order valence-corrected chi connectivity index (χ2v) is 6.64. The molecular formula is C12H16FN3O3S. The van der Waals surface area contributed by atoms with Gasteiger partial charge in [-0.15, -0.1) is 0 Å². The van der Waals surface area contributed by atoms with Crippen molar-refractivity contribution in [3.8, 4) is 0 Å². The van der Waals surface area contributed by atoms with Crippen molar-refractivity contribution in [2.24, 2.45) is 0 Å². The number of benzene rings is 1. The summed E-state index contributed by atoms with van der Waals surface area (Å²) in [6.45, 7) is 1.00. The quantitative estimate of drug-likeness (QED) is 0.787. The Balaban J connectivity index is 2.11. The zero-order valence-corrected chi connectivity index (χ0v) is 11.9. The third-order valence-electron chi connectivity index (χ3n) is 3.28. The zero-order valence-electron chi connectivity index (χ0n) is 11.0. The standard InChI is InChI=1S/C12H16FN3O3S/c1-20(18,19)16-7-5-15(6-8-16)12(17)9-3-2-4-10(13)11(9)14/h2-4H,5-8,14H2,1H3. The van der Waals surface area contributed by atoms with Gasteiger partial charge in [0.15, 0.2) is 0 Å². The summed E-state index contributed by atoms with van der Waals surface area (Å²) in [6.07, 6.45) is 1.13. The second kappa shape index (κ2) is 5.37. The van der Waals surface area contributed by atoms with Gasteiger partial charge in [0.1, 0.15) is 5.82 Å². The van der Waals surface area contributed by atoms with E-state index >= 15 is 0 Å². The van der Waals surface area contributed by atoms with E-state index in [1.165, 1.54) is 27.4 Å². The number of hydrogen-bond acceptors (Lipinski definition) is 4. The summed E-state index contributed by atoms with van der Waals surface area (Å²) in [4.78, 5) is 13.7. The molecule has 0 saturated carbocycles. The average molecular weight is 301 g/mol. The number of carbonyl (C=O) groups is 1. The number of hydrogen-bond donors (Lipinski definition) is 1. The molecule has 20 heavy (non-hydrogen) atoms. The number of rotatable bonds is 2. The van der Waals surface area contributed by atoms with Crippen LogP contribution in [0, 0.1) is 5.82 Å². The lowest BCUT2D eigenvalue weighted by Crippen LogP contribution is -2.50. The number of amides is 1. The van der Waals surface area contributed by atoms with Crippen molar-refractivity contribution >= 4 is 21.6 Å². The highest BCUT2D eigenvalue weighted by atomic mass is 32.2. The Hall–Kier alpha value is -1.67. The number of anilines is 1. The SMILES string of the molecule is CS(=O)(=O)N1CCN(C(=O)c2cccc(F)c2N)CC1. The van der Waals surface area contributed by atoms with Crippen LogP contribution in [0.1, 0.15) is 10.4 Å². The molecule has 6 nitrogen and oxygen atoms in total. The van der Waals surface area contributed by atoms with Gasteiger partial charge in [-0.05, 0) is 12.1 Å². The fraction of sp³-hybridized carbons (Fsp3) is 0.417. The van der Waals surface area contributed by atoms with Crippen molar-refractivity contribution in [3.63, 3.8) is 0 Å². The van der Waals surface area contributed by atoms with Crippen molar-refractivity contribution in [2.45, 2.75) is 0 Å². The Morgan fingerprint density at radius 1 is 1.25 bits per heavy atom. The number of sulfonamides is 1. The molecule has 0 radical (unpaired) electrons. The van der Waals surface area contributed by atoms with Gasteiger partial charge in [-0.25, -0.2) is 12.8 Å². The molecule has 8 heteroatoms. The molecule has 1 aliphatic rings. The first-order valence-electron chi connectivity index (χ1n) is 6.09. The van der Waals surface area contributed by atoms with Crippen molar-refractivity contribution in [3.05, 3.63) is 29.6 Å². The first-order chi connectivity index (χ1) is 9.30. The largest absolute Gasteiger partial charge is 0.396 e. The minimum Gasteiger partial charge on any atom is -0.396 e. The van der Waals surface area contributed by atoms with Gasteiger partial charge < -0.3 is 10.6 Å². The number of piperazine rings is 1. The fourth-order valence-electron chi connectivity index (χ4n) is 2.12.